The van der Waals surface area contributed by atoms with Gasteiger partial charge in [0.1, 0.15) is 0 Å². The Morgan fingerprint density at radius 2 is 2.11 bits per heavy atom. The highest BCUT2D eigenvalue weighted by Gasteiger charge is 2.16. The molecular weight excluding hydrogens is 244 g/mol. The second-order valence-electron chi connectivity index (χ2n) is 5.09. The first kappa shape index (κ1) is 15.4. The van der Waals surface area contributed by atoms with Crippen LogP contribution in [0.2, 0.25) is 0 Å². The van der Waals surface area contributed by atoms with Gasteiger partial charge < -0.3 is 10.5 Å². The molecule has 1 aromatic rings. The monoisotopic (exact) mass is 266 g/mol. The molecule has 0 aliphatic heterocycles. The lowest BCUT2D eigenvalue weighted by molar-refractivity contribution is -0.385. The molecule has 1 rings (SSSR count). The van der Waals surface area contributed by atoms with Crippen molar-refractivity contribution >= 4 is 5.69 Å². The van der Waals surface area contributed by atoms with Gasteiger partial charge in [-0.2, -0.15) is 0 Å². The molecule has 19 heavy (non-hydrogen) atoms. The van der Waals surface area contributed by atoms with Gasteiger partial charge in [0.05, 0.1) is 11.5 Å². The normalized spacial score (nSPS) is 12.5. The van der Waals surface area contributed by atoms with Crippen molar-refractivity contribution in [1.82, 2.24) is 0 Å². The Hall–Kier alpha value is -1.62. The topological polar surface area (TPSA) is 78.4 Å². The van der Waals surface area contributed by atoms with Gasteiger partial charge in [-0.3, -0.25) is 10.1 Å². The third-order valence-electron chi connectivity index (χ3n) is 2.79. The first-order valence-electron chi connectivity index (χ1n) is 6.59. The van der Waals surface area contributed by atoms with Crippen molar-refractivity contribution < 1.29 is 9.66 Å². The largest absolute Gasteiger partial charge is 0.487 e. The molecule has 0 fully saturated rings. The first-order chi connectivity index (χ1) is 8.93. The third-order valence-corrected chi connectivity index (χ3v) is 2.79. The van der Waals surface area contributed by atoms with E-state index in [1.807, 2.05) is 0 Å². The maximum absolute atomic E-state index is 10.9. The van der Waals surface area contributed by atoms with E-state index >= 15 is 0 Å². The maximum Gasteiger partial charge on any atom is 0.310 e. The molecule has 0 spiro atoms. The minimum Gasteiger partial charge on any atom is -0.487 e. The van der Waals surface area contributed by atoms with Gasteiger partial charge in [-0.05, 0) is 37.3 Å². The lowest BCUT2D eigenvalue weighted by Crippen LogP contribution is -2.24. The van der Waals surface area contributed by atoms with Gasteiger partial charge in [-0.25, -0.2) is 0 Å². The molecule has 5 nitrogen and oxygen atoms in total. The minimum atomic E-state index is -0.428. The Morgan fingerprint density at radius 1 is 1.42 bits per heavy atom. The molecule has 0 bridgehead atoms. The van der Waals surface area contributed by atoms with E-state index in [0.29, 0.717) is 24.7 Å². The van der Waals surface area contributed by atoms with Crippen LogP contribution in [0.4, 0.5) is 5.69 Å². The fraction of sp³-hybridized carbons (Fsp3) is 0.571. The molecular formula is C14H22N2O3. The first-order valence-corrected chi connectivity index (χ1v) is 6.59. The van der Waals surface area contributed by atoms with Crippen LogP contribution >= 0.6 is 0 Å². The lowest BCUT2D eigenvalue weighted by atomic mass is 9.98. The van der Waals surface area contributed by atoms with Gasteiger partial charge >= 0.3 is 5.69 Å². The number of nitrogens with zero attached hydrogens (tertiary/aromatic N) is 1. The van der Waals surface area contributed by atoms with E-state index in [9.17, 15) is 10.1 Å². The molecule has 106 valence electrons. The van der Waals surface area contributed by atoms with E-state index in [1.54, 1.807) is 19.1 Å². The summed E-state index contributed by atoms with van der Waals surface area (Å²) in [5, 5.41) is 10.9. The van der Waals surface area contributed by atoms with Gasteiger partial charge in [-0.15, -0.1) is 0 Å². The number of benzene rings is 1. The van der Waals surface area contributed by atoms with Crippen molar-refractivity contribution in [3.05, 3.63) is 33.9 Å². The van der Waals surface area contributed by atoms with Crippen LogP contribution in [-0.2, 0) is 6.42 Å². The van der Waals surface area contributed by atoms with Crippen LogP contribution < -0.4 is 10.5 Å². The van der Waals surface area contributed by atoms with Gasteiger partial charge in [0.25, 0.3) is 0 Å². The molecule has 0 aromatic heterocycles. The van der Waals surface area contributed by atoms with E-state index < -0.39 is 4.92 Å². The van der Waals surface area contributed by atoms with Crippen molar-refractivity contribution in [3.8, 4) is 5.75 Å². The molecule has 1 atom stereocenters. The molecule has 5 heteroatoms. The molecule has 0 heterocycles. The minimum absolute atomic E-state index is 0.00281. The summed E-state index contributed by atoms with van der Waals surface area (Å²) >= 11 is 0. The number of nitrogens with two attached hydrogens (primary N) is 1. The number of ether oxygens (including phenoxy) is 1. The fourth-order valence-electron chi connectivity index (χ4n) is 2.10. The van der Waals surface area contributed by atoms with Crippen LogP contribution in [0.3, 0.4) is 0 Å². The van der Waals surface area contributed by atoms with Crippen LogP contribution in [0.25, 0.3) is 0 Å². The van der Waals surface area contributed by atoms with Gasteiger partial charge in [0.2, 0.25) is 0 Å². The quantitative estimate of drug-likeness (QED) is 0.608. The Kier molecular flexibility index (Phi) is 5.76. The number of hydrogen-bond acceptors (Lipinski definition) is 4. The molecule has 0 amide bonds. The summed E-state index contributed by atoms with van der Waals surface area (Å²) in [6, 6.07) is 5.03. The molecule has 0 aliphatic rings. The number of nitro benzene ring substituents is 1. The average molecular weight is 266 g/mol. The van der Waals surface area contributed by atoms with Crippen LogP contribution in [0.1, 0.15) is 32.8 Å². The zero-order chi connectivity index (χ0) is 14.4. The van der Waals surface area contributed by atoms with E-state index in [4.69, 9.17) is 10.5 Å². The van der Waals surface area contributed by atoms with Crippen molar-refractivity contribution in [2.75, 3.05) is 6.61 Å². The van der Waals surface area contributed by atoms with Crippen LogP contribution in [-0.4, -0.2) is 17.6 Å². The van der Waals surface area contributed by atoms with Crippen LogP contribution in [0.15, 0.2) is 18.2 Å². The van der Waals surface area contributed by atoms with Gasteiger partial charge in [0.15, 0.2) is 5.75 Å². The summed E-state index contributed by atoms with van der Waals surface area (Å²) in [6.45, 7) is 6.46. The van der Waals surface area contributed by atoms with E-state index in [-0.39, 0.29) is 11.7 Å². The summed E-state index contributed by atoms with van der Waals surface area (Å²) in [5.41, 5.74) is 7.03. The van der Waals surface area contributed by atoms with E-state index in [1.165, 1.54) is 6.07 Å². The van der Waals surface area contributed by atoms with Crippen molar-refractivity contribution in [3.63, 3.8) is 0 Å². The van der Waals surface area contributed by atoms with Crippen molar-refractivity contribution in [2.24, 2.45) is 11.7 Å². The Morgan fingerprint density at radius 3 is 2.63 bits per heavy atom. The highest BCUT2D eigenvalue weighted by Crippen LogP contribution is 2.28. The Labute approximate surface area is 113 Å². The summed E-state index contributed by atoms with van der Waals surface area (Å²) in [6.07, 6.45) is 1.64. The summed E-state index contributed by atoms with van der Waals surface area (Å²) in [5.74, 6) is 0.862. The van der Waals surface area contributed by atoms with Crippen molar-refractivity contribution in [1.29, 1.82) is 0 Å². The Balaban J connectivity index is 2.86. The summed E-state index contributed by atoms with van der Waals surface area (Å²) < 4.78 is 5.32. The molecule has 0 saturated carbocycles. The smallest absolute Gasteiger partial charge is 0.310 e. The predicted molar refractivity (Wildman–Crippen MR) is 75.4 cm³/mol. The zero-order valence-electron chi connectivity index (χ0n) is 11.8. The van der Waals surface area contributed by atoms with Crippen LogP contribution in [0, 0.1) is 16.0 Å². The fourth-order valence-corrected chi connectivity index (χ4v) is 2.10. The number of hydrogen-bond donors (Lipinski definition) is 1. The molecule has 2 N–H and O–H groups in total. The van der Waals surface area contributed by atoms with E-state index in [0.717, 1.165) is 12.0 Å². The van der Waals surface area contributed by atoms with Crippen LogP contribution in [0.5, 0.6) is 5.75 Å². The molecule has 1 unspecified atom stereocenters. The second kappa shape index (κ2) is 7.09. The predicted octanol–water partition coefficient (Wildman–Crippen LogP) is 2.91. The highest BCUT2D eigenvalue weighted by atomic mass is 16.6. The molecule has 0 aliphatic carbocycles. The second-order valence-corrected chi connectivity index (χ2v) is 5.09. The van der Waals surface area contributed by atoms with E-state index in [2.05, 4.69) is 13.8 Å². The number of nitro groups is 1. The number of rotatable bonds is 7. The van der Waals surface area contributed by atoms with Gasteiger partial charge in [0, 0.05) is 12.1 Å². The maximum atomic E-state index is 10.9. The summed E-state index contributed by atoms with van der Waals surface area (Å²) in [4.78, 5) is 10.4. The van der Waals surface area contributed by atoms with Gasteiger partial charge in [-0.1, -0.05) is 19.9 Å². The van der Waals surface area contributed by atoms with Crippen molar-refractivity contribution in [2.45, 2.75) is 39.7 Å². The lowest BCUT2D eigenvalue weighted by Gasteiger charge is -2.14. The highest BCUT2D eigenvalue weighted by molar-refractivity contribution is 5.48. The Bertz CT molecular complexity index is 433. The average Bonchev–Trinajstić information content (AvgIpc) is 2.27. The summed E-state index contributed by atoms with van der Waals surface area (Å²) in [7, 11) is 0. The molecule has 0 saturated heterocycles. The third kappa shape index (κ3) is 4.87. The standard InChI is InChI=1S/C14H22N2O3/c1-4-19-14-9-11(5-6-13(14)16(17)18)8-12(15)7-10(2)3/h5-6,9-10,12H,4,7-8,15H2,1-3H3. The zero-order valence-corrected chi connectivity index (χ0v) is 11.8. The SMILES string of the molecule is CCOc1cc(CC(N)CC(C)C)ccc1[N+](=O)[O-]. The molecule has 1 aromatic carbocycles. The molecule has 0 radical (unpaired) electrons.